The van der Waals surface area contributed by atoms with E-state index in [1.165, 1.54) is 11.8 Å². The van der Waals surface area contributed by atoms with Gasteiger partial charge in [-0.1, -0.05) is 11.8 Å². The van der Waals surface area contributed by atoms with Gasteiger partial charge in [0.1, 0.15) is 5.03 Å². The van der Waals surface area contributed by atoms with Gasteiger partial charge in [-0.2, -0.15) is 0 Å². The number of pyridine rings is 1. The normalized spacial score (nSPS) is 11.1. The molecule has 0 amide bonds. The Balaban J connectivity index is 1.87. The van der Waals surface area contributed by atoms with E-state index in [1.54, 1.807) is 24.3 Å². The maximum atomic E-state index is 11.4. The first kappa shape index (κ1) is 14.1. The van der Waals surface area contributed by atoms with Crippen LogP contribution in [-0.4, -0.2) is 25.4 Å². The molecular formula is C14H13N3O2S2. The summed E-state index contributed by atoms with van der Waals surface area (Å²) in [5.41, 5.74) is 2.77. The number of nitrogens with zero attached hydrogens (tertiary/aromatic N) is 3. The Morgan fingerprint density at radius 2 is 2.24 bits per heavy atom. The van der Waals surface area contributed by atoms with Crippen molar-refractivity contribution in [1.82, 2.24) is 14.4 Å². The van der Waals surface area contributed by atoms with Crippen LogP contribution in [0.15, 0.2) is 28.9 Å². The number of thiazole rings is 1. The van der Waals surface area contributed by atoms with Crippen LogP contribution < -0.4 is 0 Å². The maximum absolute atomic E-state index is 11.4. The average molecular weight is 319 g/mol. The van der Waals surface area contributed by atoms with Crippen molar-refractivity contribution in [3.05, 3.63) is 46.4 Å². The van der Waals surface area contributed by atoms with Gasteiger partial charge in [-0.05, 0) is 25.5 Å². The highest BCUT2D eigenvalue weighted by atomic mass is 32.2. The van der Waals surface area contributed by atoms with Gasteiger partial charge < -0.3 is 5.11 Å². The third-order valence-electron chi connectivity index (χ3n) is 3.03. The van der Waals surface area contributed by atoms with E-state index in [1.807, 2.05) is 29.1 Å². The number of carboxylic acid groups (broad SMARTS) is 1. The Morgan fingerprint density at radius 1 is 1.43 bits per heavy atom. The molecule has 0 bridgehead atoms. The van der Waals surface area contributed by atoms with Gasteiger partial charge in [0.2, 0.25) is 0 Å². The van der Waals surface area contributed by atoms with Gasteiger partial charge in [0.25, 0.3) is 0 Å². The van der Waals surface area contributed by atoms with Crippen molar-refractivity contribution >= 4 is 34.0 Å². The number of imidazole rings is 1. The summed E-state index contributed by atoms with van der Waals surface area (Å²) in [7, 11) is 0. The van der Waals surface area contributed by atoms with Crippen LogP contribution in [0.5, 0.6) is 0 Å². The van der Waals surface area contributed by atoms with Crippen molar-refractivity contribution in [3.8, 4) is 0 Å². The summed E-state index contributed by atoms with van der Waals surface area (Å²) in [6.45, 7) is 3.67. The fourth-order valence-electron chi connectivity index (χ4n) is 2.16. The lowest BCUT2D eigenvalue weighted by molar-refractivity contribution is 0.0691. The molecule has 1 N–H and O–H groups in total. The monoisotopic (exact) mass is 319 g/mol. The molecule has 3 rings (SSSR count). The van der Waals surface area contributed by atoms with Crippen molar-refractivity contribution in [2.24, 2.45) is 0 Å². The molecule has 108 valence electrons. The second-order valence-corrected chi connectivity index (χ2v) is 6.52. The van der Waals surface area contributed by atoms with Crippen LogP contribution in [0.25, 0.3) is 4.96 Å². The molecule has 0 spiro atoms. The van der Waals surface area contributed by atoms with Crippen molar-refractivity contribution in [1.29, 1.82) is 0 Å². The predicted octanol–water partition coefficient (Wildman–Crippen LogP) is 3.40. The van der Waals surface area contributed by atoms with Gasteiger partial charge in [0.15, 0.2) is 4.96 Å². The van der Waals surface area contributed by atoms with E-state index in [2.05, 4.69) is 9.97 Å². The minimum atomic E-state index is -0.937. The third kappa shape index (κ3) is 2.79. The first-order valence-corrected chi connectivity index (χ1v) is 8.16. The molecule has 0 radical (unpaired) electrons. The lowest BCUT2D eigenvalue weighted by atomic mass is 10.1. The maximum Gasteiger partial charge on any atom is 0.338 e. The summed E-state index contributed by atoms with van der Waals surface area (Å²) in [5, 5.41) is 11.9. The summed E-state index contributed by atoms with van der Waals surface area (Å²) in [5.74, 6) is -0.335. The summed E-state index contributed by atoms with van der Waals surface area (Å²) in [6, 6.07) is 1.79. The van der Waals surface area contributed by atoms with Crippen LogP contribution in [0.3, 0.4) is 0 Å². The first-order chi connectivity index (χ1) is 10.0. The Hall–Kier alpha value is -1.86. The standard InChI is InChI=1S/C14H13N3O2S2/c1-8-5-9(2)15-12(11(8)13(18)19)21-7-10-6-17-3-4-20-14(17)16-10/h3-6H,7H2,1-2H3,(H,18,19). The number of hydrogen-bond donors (Lipinski definition) is 1. The highest BCUT2D eigenvalue weighted by Crippen LogP contribution is 2.27. The number of rotatable bonds is 4. The molecule has 3 heterocycles. The SMILES string of the molecule is Cc1cc(C)c(C(=O)O)c(SCc2cn3ccsc3n2)n1. The van der Waals surface area contributed by atoms with Gasteiger partial charge in [-0.25, -0.2) is 14.8 Å². The minimum absolute atomic E-state index is 0.284. The zero-order valence-electron chi connectivity index (χ0n) is 11.5. The van der Waals surface area contributed by atoms with Crippen molar-refractivity contribution in [2.75, 3.05) is 0 Å². The average Bonchev–Trinajstić information content (AvgIpc) is 2.95. The number of thioether (sulfide) groups is 1. The molecule has 3 aromatic rings. The molecule has 0 aliphatic rings. The van der Waals surface area contributed by atoms with Crippen LogP contribution in [0, 0.1) is 13.8 Å². The molecular weight excluding hydrogens is 306 g/mol. The van der Waals surface area contributed by atoms with Crippen LogP contribution in [0.2, 0.25) is 0 Å². The van der Waals surface area contributed by atoms with E-state index >= 15 is 0 Å². The largest absolute Gasteiger partial charge is 0.478 e. The fraction of sp³-hybridized carbons (Fsp3) is 0.214. The highest BCUT2D eigenvalue weighted by Gasteiger charge is 2.16. The number of aromatic carboxylic acids is 1. The van der Waals surface area contributed by atoms with E-state index in [0.29, 0.717) is 10.8 Å². The van der Waals surface area contributed by atoms with E-state index < -0.39 is 5.97 Å². The summed E-state index contributed by atoms with van der Waals surface area (Å²) < 4.78 is 1.97. The topological polar surface area (TPSA) is 67.5 Å². The van der Waals surface area contributed by atoms with Crippen molar-refractivity contribution < 1.29 is 9.90 Å². The molecule has 0 unspecified atom stereocenters. The second-order valence-electron chi connectivity index (χ2n) is 4.68. The molecule has 0 aliphatic heterocycles. The van der Waals surface area contributed by atoms with Crippen LogP contribution in [0.1, 0.15) is 27.3 Å². The van der Waals surface area contributed by atoms with E-state index in [4.69, 9.17) is 0 Å². The quantitative estimate of drug-likeness (QED) is 0.747. The van der Waals surface area contributed by atoms with Crippen molar-refractivity contribution in [3.63, 3.8) is 0 Å². The lowest BCUT2D eigenvalue weighted by Gasteiger charge is -2.08. The van der Waals surface area contributed by atoms with Crippen LogP contribution in [-0.2, 0) is 5.75 Å². The Bertz CT molecular complexity index is 794. The van der Waals surface area contributed by atoms with Gasteiger partial charge in [0, 0.05) is 29.2 Å². The molecule has 0 fully saturated rings. The van der Waals surface area contributed by atoms with Gasteiger partial charge in [-0.3, -0.25) is 4.40 Å². The molecule has 0 saturated carbocycles. The molecule has 0 aromatic carbocycles. The fourth-order valence-corrected chi connectivity index (χ4v) is 3.90. The molecule has 0 aliphatic carbocycles. The number of hydrogen-bond acceptors (Lipinski definition) is 5. The zero-order chi connectivity index (χ0) is 15.0. The molecule has 0 saturated heterocycles. The van der Waals surface area contributed by atoms with Crippen LogP contribution in [0.4, 0.5) is 0 Å². The Morgan fingerprint density at radius 3 is 2.95 bits per heavy atom. The Labute approximate surface area is 129 Å². The molecule has 0 atom stereocenters. The van der Waals surface area contributed by atoms with Gasteiger partial charge >= 0.3 is 5.97 Å². The molecule has 3 aromatic heterocycles. The summed E-state index contributed by atoms with van der Waals surface area (Å²) in [4.78, 5) is 21.2. The predicted molar refractivity (Wildman–Crippen MR) is 83.3 cm³/mol. The van der Waals surface area contributed by atoms with Crippen molar-refractivity contribution in [2.45, 2.75) is 24.6 Å². The summed E-state index contributed by atoms with van der Waals surface area (Å²) >= 11 is 2.99. The van der Waals surface area contributed by atoms with E-state index in [9.17, 15) is 9.90 Å². The van der Waals surface area contributed by atoms with E-state index in [-0.39, 0.29) is 5.56 Å². The number of carbonyl (C=O) groups is 1. The number of fused-ring (bicyclic) bond motifs is 1. The highest BCUT2D eigenvalue weighted by molar-refractivity contribution is 7.98. The lowest BCUT2D eigenvalue weighted by Crippen LogP contribution is -2.05. The van der Waals surface area contributed by atoms with Crippen LogP contribution >= 0.6 is 23.1 Å². The van der Waals surface area contributed by atoms with Gasteiger partial charge in [0.05, 0.1) is 11.3 Å². The third-order valence-corrected chi connectivity index (χ3v) is 4.80. The van der Waals surface area contributed by atoms with Gasteiger partial charge in [-0.15, -0.1) is 11.3 Å². The molecule has 7 heteroatoms. The molecule has 5 nitrogen and oxygen atoms in total. The molecule has 21 heavy (non-hydrogen) atoms. The number of aromatic nitrogens is 3. The zero-order valence-corrected chi connectivity index (χ0v) is 13.2. The van der Waals surface area contributed by atoms with E-state index in [0.717, 1.165) is 21.9 Å². The Kier molecular flexibility index (Phi) is 3.69. The number of carboxylic acids is 1. The minimum Gasteiger partial charge on any atom is -0.478 e. The number of aryl methyl sites for hydroxylation is 2. The first-order valence-electron chi connectivity index (χ1n) is 6.30. The second kappa shape index (κ2) is 5.50. The summed E-state index contributed by atoms with van der Waals surface area (Å²) in [6.07, 6.45) is 3.92. The smallest absolute Gasteiger partial charge is 0.338 e.